The van der Waals surface area contributed by atoms with Gasteiger partial charge in [-0.05, 0) is 48.7 Å². The Morgan fingerprint density at radius 2 is 1.92 bits per heavy atom. The molecule has 1 amide bonds. The molecule has 2 aromatic carbocycles. The number of amides is 1. The largest absolute Gasteiger partial charge is 0.504 e. The molecule has 0 aliphatic heterocycles. The predicted molar refractivity (Wildman–Crippen MR) is 89.7 cm³/mol. The number of carbonyl (C=O) groups is 2. The zero-order valence-electron chi connectivity index (χ0n) is 13.5. The number of methoxy groups -OCH3 is 1. The first-order valence-electron chi connectivity index (χ1n) is 7.40. The SMILES string of the molecule is COc1cc(CCC(=O)Nc2cc(C)ccc2C(=O)O)ccc1O. The highest BCUT2D eigenvalue weighted by atomic mass is 16.5. The minimum atomic E-state index is -1.09. The molecular formula is C18H19NO5. The van der Waals surface area contributed by atoms with Gasteiger partial charge in [0.25, 0.3) is 0 Å². The van der Waals surface area contributed by atoms with Gasteiger partial charge in [-0.25, -0.2) is 4.79 Å². The van der Waals surface area contributed by atoms with Crippen molar-refractivity contribution in [3.05, 3.63) is 53.1 Å². The van der Waals surface area contributed by atoms with Crippen molar-refractivity contribution in [2.45, 2.75) is 19.8 Å². The number of hydrogen-bond acceptors (Lipinski definition) is 4. The number of carboxylic acids is 1. The van der Waals surface area contributed by atoms with E-state index in [-0.39, 0.29) is 29.3 Å². The molecule has 3 N–H and O–H groups in total. The quantitative estimate of drug-likeness (QED) is 0.757. The van der Waals surface area contributed by atoms with E-state index in [1.54, 1.807) is 24.3 Å². The zero-order valence-corrected chi connectivity index (χ0v) is 13.5. The minimum Gasteiger partial charge on any atom is -0.504 e. The van der Waals surface area contributed by atoms with Gasteiger partial charge >= 0.3 is 5.97 Å². The van der Waals surface area contributed by atoms with E-state index in [0.717, 1.165) is 11.1 Å². The first-order valence-corrected chi connectivity index (χ1v) is 7.40. The van der Waals surface area contributed by atoms with E-state index in [0.29, 0.717) is 12.2 Å². The summed E-state index contributed by atoms with van der Waals surface area (Å²) in [4.78, 5) is 23.3. The summed E-state index contributed by atoms with van der Waals surface area (Å²) < 4.78 is 5.03. The molecule has 0 spiro atoms. The Bertz CT molecular complexity index is 770. The third-order valence-corrected chi connectivity index (χ3v) is 3.56. The van der Waals surface area contributed by atoms with Crippen molar-refractivity contribution in [3.8, 4) is 11.5 Å². The highest BCUT2D eigenvalue weighted by molar-refractivity contribution is 6.00. The van der Waals surface area contributed by atoms with Crippen LogP contribution >= 0.6 is 0 Å². The molecule has 0 radical (unpaired) electrons. The molecule has 0 aliphatic carbocycles. The van der Waals surface area contributed by atoms with Crippen molar-refractivity contribution in [2.75, 3.05) is 12.4 Å². The lowest BCUT2D eigenvalue weighted by Gasteiger charge is -2.10. The first kappa shape index (κ1) is 17.3. The Labute approximate surface area is 139 Å². The lowest BCUT2D eigenvalue weighted by molar-refractivity contribution is -0.116. The number of rotatable bonds is 6. The number of carboxylic acid groups (broad SMARTS) is 1. The number of ether oxygens (including phenoxy) is 1. The molecule has 0 saturated heterocycles. The van der Waals surface area contributed by atoms with E-state index in [4.69, 9.17) is 4.74 Å². The summed E-state index contributed by atoms with van der Waals surface area (Å²) in [6.07, 6.45) is 0.623. The summed E-state index contributed by atoms with van der Waals surface area (Å²) in [5.74, 6) is -0.986. The second kappa shape index (κ2) is 7.50. The van der Waals surface area contributed by atoms with Crippen molar-refractivity contribution < 1.29 is 24.5 Å². The Kier molecular flexibility index (Phi) is 5.42. The number of carbonyl (C=O) groups excluding carboxylic acids is 1. The van der Waals surface area contributed by atoms with E-state index in [9.17, 15) is 19.8 Å². The van der Waals surface area contributed by atoms with Gasteiger partial charge in [0.2, 0.25) is 5.91 Å². The number of phenolic OH excluding ortho intramolecular Hbond substituents is 1. The van der Waals surface area contributed by atoms with E-state index in [1.165, 1.54) is 19.2 Å². The van der Waals surface area contributed by atoms with Crippen LogP contribution in [-0.4, -0.2) is 29.2 Å². The fourth-order valence-electron chi connectivity index (χ4n) is 2.30. The predicted octanol–water partition coefficient (Wildman–Crippen LogP) is 2.98. The average molecular weight is 329 g/mol. The zero-order chi connectivity index (χ0) is 17.7. The van der Waals surface area contributed by atoms with Crippen LogP contribution in [0.2, 0.25) is 0 Å². The smallest absolute Gasteiger partial charge is 0.337 e. The van der Waals surface area contributed by atoms with Crippen LogP contribution in [0.4, 0.5) is 5.69 Å². The summed E-state index contributed by atoms with van der Waals surface area (Å²) in [6.45, 7) is 1.82. The molecule has 0 atom stereocenters. The maximum Gasteiger partial charge on any atom is 0.337 e. The highest BCUT2D eigenvalue weighted by Gasteiger charge is 2.13. The molecule has 0 bridgehead atoms. The number of aryl methyl sites for hydroxylation is 2. The summed E-state index contributed by atoms with van der Waals surface area (Å²) in [5, 5.41) is 21.4. The van der Waals surface area contributed by atoms with E-state index in [1.807, 2.05) is 6.92 Å². The Morgan fingerprint density at radius 3 is 2.58 bits per heavy atom. The Hall–Kier alpha value is -3.02. The van der Waals surface area contributed by atoms with Gasteiger partial charge in [0.05, 0.1) is 18.4 Å². The van der Waals surface area contributed by atoms with Crippen molar-refractivity contribution in [1.82, 2.24) is 0 Å². The maximum absolute atomic E-state index is 12.1. The van der Waals surface area contributed by atoms with Crippen LogP contribution in [0.5, 0.6) is 11.5 Å². The van der Waals surface area contributed by atoms with Gasteiger partial charge in [0, 0.05) is 6.42 Å². The van der Waals surface area contributed by atoms with Gasteiger partial charge in [0.15, 0.2) is 11.5 Å². The van der Waals surface area contributed by atoms with Crippen LogP contribution in [0, 0.1) is 6.92 Å². The molecule has 0 aromatic heterocycles. The van der Waals surface area contributed by atoms with Crippen molar-refractivity contribution in [1.29, 1.82) is 0 Å². The molecule has 2 rings (SSSR count). The molecule has 24 heavy (non-hydrogen) atoms. The second-order valence-electron chi connectivity index (χ2n) is 5.41. The molecular weight excluding hydrogens is 310 g/mol. The third-order valence-electron chi connectivity index (χ3n) is 3.56. The third kappa shape index (κ3) is 4.25. The first-order chi connectivity index (χ1) is 11.4. The van der Waals surface area contributed by atoms with E-state index < -0.39 is 5.97 Å². The standard InChI is InChI=1S/C18H19NO5/c1-11-3-6-13(18(22)23)14(9-11)19-17(21)8-5-12-4-7-15(20)16(10-12)24-2/h3-4,6-7,9-10,20H,5,8H2,1-2H3,(H,19,21)(H,22,23). The van der Waals surface area contributed by atoms with Crippen LogP contribution in [0.15, 0.2) is 36.4 Å². The van der Waals surface area contributed by atoms with Crippen LogP contribution < -0.4 is 10.1 Å². The molecule has 6 nitrogen and oxygen atoms in total. The Morgan fingerprint density at radius 1 is 1.17 bits per heavy atom. The van der Waals surface area contributed by atoms with Crippen molar-refractivity contribution >= 4 is 17.6 Å². The monoisotopic (exact) mass is 329 g/mol. The summed E-state index contributed by atoms with van der Waals surface area (Å²) in [5.41, 5.74) is 2.04. The summed E-state index contributed by atoms with van der Waals surface area (Å²) >= 11 is 0. The van der Waals surface area contributed by atoms with Gasteiger partial charge < -0.3 is 20.3 Å². The molecule has 2 aromatic rings. The van der Waals surface area contributed by atoms with Crippen LogP contribution in [-0.2, 0) is 11.2 Å². The van der Waals surface area contributed by atoms with Gasteiger partial charge in [-0.15, -0.1) is 0 Å². The summed E-state index contributed by atoms with van der Waals surface area (Å²) in [7, 11) is 1.46. The molecule has 0 heterocycles. The fraction of sp³-hybridized carbons (Fsp3) is 0.222. The number of benzene rings is 2. The molecule has 0 unspecified atom stereocenters. The van der Waals surface area contributed by atoms with Crippen molar-refractivity contribution in [2.24, 2.45) is 0 Å². The lowest BCUT2D eigenvalue weighted by atomic mass is 10.1. The summed E-state index contributed by atoms with van der Waals surface area (Å²) in [6, 6.07) is 9.67. The average Bonchev–Trinajstić information content (AvgIpc) is 2.53. The maximum atomic E-state index is 12.1. The van der Waals surface area contributed by atoms with Gasteiger partial charge in [-0.2, -0.15) is 0 Å². The topological polar surface area (TPSA) is 95.9 Å². The van der Waals surface area contributed by atoms with Gasteiger partial charge in [0.1, 0.15) is 0 Å². The number of nitrogens with one attached hydrogen (secondary N) is 1. The molecule has 6 heteroatoms. The second-order valence-corrected chi connectivity index (χ2v) is 5.41. The highest BCUT2D eigenvalue weighted by Crippen LogP contribution is 2.26. The van der Waals surface area contributed by atoms with Crippen LogP contribution in [0.25, 0.3) is 0 Å². The van der Waals surface area contributed by atoms with E-state index in [2.05, 4.69) is 5.32 Å². The normalized spacial score (nSPS) is 10.2. The van der Waals surface area contributed by atoms with Crippen molar-refractivity contribution in [3.63, 3.8) is 0 Å². The molecule has 126 valence electrons. The Balaban J connectivity index is 2.04. The number of anilines is 1. The van der Waals surface area contributed by atoms with Gasteiger partial charge in [-0.3, -0.25) is 4.79 Å². The number of phenols is 1. The number of aromatic hydroxyl groups is 1. The minimum absolute atomic E-state index is 0.0385. The molecule has 0 fully saturated rings. The number of hydrogen-bond donors (Lipinski definition) is 3. The van der Waals surface area contributed by atoms with Crippen LogP contribution in [0.3, 0.4) is 0 Å². The molecule has 0 saturated carbocycles. The lowest BCUT2D eigenvalue weighted by Crippen LogP contribution is -2.15. The van der Waals surface area contributed by atoms with E-state index >= 15 is 0 Å². The van der Waals surface area contributed by atoms with Gasteiger partial charge in [-0.1, -0.05) is 12.1 Å². The molecule has 0 aliphatic rings. The van der Waals surface area contributed by atoms with Crippen LogP contribution in [0.1, 0.15) is 27.9 Å². The fourth-order valence-corrected chi connectivity index (χ4v) is 2.30. The number of aromatic carboxylic acids is 1.